The third kappa shape index (κ3) is 5.48. The number of benzene rings is 2. The van der Waals surface area contributed by atoms with Gasteiger partial charge in [-0.05, 0) is 41.8 Å². The Morgan fingerprint density at radius 2 is 1.77 bits per heavy atom. The van der Waals surface area contributed by atoms with E-state index in [0.717, 1.165) is 12.0 Å². The van der Waals surface area contributed by atoms with E-state index in [-0.39, 0.29) is 22.5 Å². The van der Waals surface area contributed by atoms with Crippen molar-refractivity contribution >= 4 is 21.6 Å². The standard InChI is InChI=1S/C22H28N2O6S/c1-14(2)22(16-6-8-18-20(12-16)30-11-5-10-29-18)24-31(26,27)21-13-17(23-15(3)25)7-9-19(21)28-4/h6-9,12-14,22,24H,5,10-11H2,1-4H3,(H,23,25). The number of amides is 1. The van der Waals surface area contributed by atoms with Crippen molar-refractivity contribution in [3.05, 3.63) is 42.0 Å². The third-order valence-corrected chi connectivity index (χ3v) is 6.32. The smallest absolute Gasteiger partial charge is 0.244 e. The fourth-order valence-corrected chi connectivity index (χ4v) is 4.93. The lowest BCUT2D eigenvalue weighted by molar-refractivity contribution is -0.114. The lowest BCUT2D eigenvalue weighted by Gasteiger charge is -2.24. The van der Waals surface area contributed by atoms with Gasteiger partial charge < -0.3 is 19.5 Å². The summed E-state index contributed by atoms with van der Waals surface area (Å²) in [4.78, 5) is 11.3. The van der Waals surface area contributed by atoms with Crippen LogP contribution in [-0.2, 0) is 14.8 Å². The second-order valence-electron chi connectivity index (χ2n) is 7.65. The number of fused-ring (bicyclic) bond motifs is 1. The molecule has 0 radical (unpaired) electrons. The molecule has 3 rings (SSSR count). The normalized spacial score (nSPS) is 14.6. The van der Waals surface area contributed by atoms with Crippen LogP contribution in [0.1, 0.15) is 38.8 Å². The largest absolute Gasteiger partial charge is 0.495 e. The average Bonchev–Trinajstić information content (AvgIpc) is 2.96. The molecule has 1 aliphatic rings. The topological polar surface area (TPSA) is 103 Å². The van der Waals surface area contributed by atoms with Crippen molar-refractivity contribution in [2.24, 2.45) is 5.92 Å². The van der Waals surface area contributed by atoms with Crippen molar-refractivity contribution < 1.29 is 27.4 Å². The van der Waals surface area contributed by atoms with Crippen molar-refractivity contribution in [1.29, 1.82) is 0 Å². The summed E-state index contributed by atoms with van der Waals surface area (Å²) in [6, 6.07) is 9.42. The summed E-state index contributed by atoms with van der Waals surface area (Å²) in [5.74, 6) is 1.09. The van der Waals surface area contributed by atoms with Gasteiger partial charge in [0.1, 0.15) is 10.6 Å². The fraction of sp³-hybridized carbons (Fsp3) is 0.409. The molecule has 168 valence electrons. The van der Waals surface area contributed by atoms with Crippen molar-refractivity contribution in [3.8, 4) is 17.2 Å². The molecule has 0 bridgehead atoms. The highest BCUT2D eigenvalue weighted by atomic mass is 32.2. The van der Waals surface area contributed by atoms with E-state index in [1.54, 1.807) is 12.1 Å². The van der Waals surface area contributed by atoms with Crippen LogP contribution in [-0.4, -0.2) is 34.6 Å². The molecular formula is C22H28N2O6S. The van der Waals surface area contributed by atoms with Crippen molar-refractivity contribution in [3.63, 3.8) is 0 Å². The lowest BCUT2D eigenvalue weighted by atomic mass is 9.97. The van der Waals surface area contributed by atoms with Gasteiger partial charge in [0.2, 0.25) is 15.9 Å². The Morgan fingerprint density at radius 1 is 1.06 bits per heavy atom. The zero-order chi connectivity index (χ0) is 22.6. The molecule has 0 aliphatic carbocycles. The highest BCUT2D eigenvalue weighted by Gasteiger charge is 2.28. The van der Waals surface area contributed by atoms with Crippen LogP contribution < -0.4 is 24.2 Å². The zero-order valence-electron chi connectivity index (χ0n) is 18.1. The van der Waals surface area contributed by atoms with Crippen LogP contribution in [0.3, 0.4) is 0 Å². The molecule has 1 amide bonds. The summed E-state index contributed by atoms with van der Waals surface area (Å²) in [5.41, 5.74) is 1.13. The fourth-order valence-electron chi connectivity index (χ4n) is 3.36. The van der Waals surface area contributed by atoms with Gasteiger partial charge in [-0.15, -0.1) is 0 Å². The SMILES string of the molecule is COc1ccc(NC(C)=O)cc1S(=O)(=O)NC(c1ccc2c(c1)OCCCO2)C(C)C. The molecule has 1 unspecified atom stereocenters. The second-order valence-corrected chi connectivity index (χ2v) is 9.33. The minimum Gasteiger partial charge on any atom is -0.495 e. The Kier molecular flexibility index (Phi) is 7.07. The number of carbonyl (C=O) groups is 1. The van der Waals surface area contributed by atoms with Crippen LogP contribution >= 0.6 is 0 Å². The number of rotatable bonds is 7. The quantitative estimate of drug-likeness (QED) is 0.672. The molecule has 2 N–H and O–H groups in total. The Hall–Kier alpha value is -2.78. The van der Waals surface area contributed by atoms with Crippen LogP contribution in [0.4, 0.5) is 5.69 Å². The van der Waals surface area contributed by atoms with Gasteiger partial charge in [0.25, 0.3) is 0 Å². The van der Waals surface area contributed by atoms with E-state index in [2.05, 4.69) is 10.0 Å². The number of carbonyl (C=O) groups excluding carboxylic acids is 1. The molecule has 0 spiro atoms. The second kappa shape index (κ2) is 9.57. The minimum atomic E-state index is -3.98. The Morgan fingerprint density at radius 3 is 2.42 bits per heavy atom. The molecule has 0 aromatic heterocycles. The van der Waals surface area contributed by atoms with Crippen molar-refractivity contribution in [2.75, 3.05) is 25.6 Å². The van der Waals surface area contributed by atoms with E-state index < -0.39 is 16.1 Å². The molecule has 9 heteroatoms. The average molecular weight is 449 g/mol. The molecule has 8 nitrogen and oxygen atoms in total. The van der Waals surface area contributed by atoms with Gasteiger partial charge in [-0.2, -0.15) is 0 Å². The molecule has 0 saturated heterocycles. The van der Waals surface area contributed by atoms with Crippen LogP contribution in [0, 0.1) is 5.92 Å². The van der Waals surface area contributed by atoms with E-state index in [4.69, 9.17) is 14.2 Å². The Labute approximate surface area is 182 Å². The maximum absolute atomic E-state index is 13.3. The van der Waals surface area contributed by atoms with Gasteiger partial charge in [0.05, 0.1) is 20.3 Å². The van der Waals surface area contributed by atoms with Crippen LogP contribution in [0.5, 0.6) is 17.2 Å². The van der Waals surface area contributed by atoms with E-state index in [9.17, 15) is 13.2 Å². The van der Waals surface area contributed by atoms with Crippen molar-refractivity contribution in [1.82, 2.24) is 4.72 Å². The summed E-state index contributed by atoms with van der Waals surface area (Å²) in [6.45, 7) is 6.34. The number of sulfonamides is 1. The van der Waals surface area contributed by atoms with Crippen molar-refractivity contribution in [2.45, 2.75) is 38.1 Å². The molecule has 2 aromatic carbocycles. The molecule has 2 aromatic rings. The van der Waals surface area contributed by atoms with Gasteiger partial charge in [0, 0.05) is 25.1 Å². The molecular weight excluding hydrogens is 420 g/mol. The molecule has 31 heavy (non-hydrogen) atoms. The molecule has 1 atom stereocenters. The highest BCUT2D eigenvalue weighted by Crippen LogP contribution is 2.35. The van der Waals surface area contributed by atoms with Crippen LogP contribution in [0.25, 0.3) is 0 Å². The summed E-state index contributed by atoms with van der Waals surface area (Å²) < 4.78 is 46.1. The lowest BCUT2D eigenvalue weighted by Crippen LogP contribution is -2.32. The summed E-state index contributed by atoms with van der Waals surface area (Å²) in [7, 11) is -2.58. The first-order valence-electron chi connectivity index (χ1n) is 10.1. The van der Waals surface area contributed by atoms with E-state index in [1.165, 1.54) is 26.2 Å². The molecule has 1 heterocycles. The van der Waals surface area contributed by atoms with Gasteiger partial charge in [-0.3, -0.25) is 4.79 Å². The van der Waals surface area contributed by atoms with Gasteiger partial charge in [-0.1, -0.05) is 19.9 Å². The van der Waals surface area contributed by atoms with Gasteiger partial charge >= 0.3 is 0 Å². The number of ether oxygens (including phenoxy) is 3. The predicted molar refractivity (Wildman–Crippen MR) is 117 cm³/mol. The molecule has 0 fully saturated rings. The predicted octanol–water partition coefficient (Wildman–Crippen LogP) is 3.49. The number of nitrogens with one attached hydrogen (secondary N) is 2. The number of hydrogen-bond acceptors (Lipinski definition) is 6. The minimum absolute atomic E-state index is 0.0518. The first kappa shape index (κ1) is 22.9. The zero-order valence-corrected chi connectivity index (χ0v) is 18.9. The maximum atomic E-state index is 13.3. The van der Waals surface area contributed by atoms with Gasteiger partial charge in [0.15, 0.2) is 11.5 Å². The summed E-state index contributed by atoms with van der Waals surface area (Å²) in [6.07, 6.45) is 0.786. The van der Waals surface area contributed by atoms with E-state index >= 15 is 0 Å². The Bertz CT molecular complexity index is 1050. The van der Waals surface area contributed by atoms with E-state index in [0.29, 0.717) is 30.4 Å². The number of anilines is 1. The summed E-state index contributed by atoms with van der Waals surface area (Å²) in [5, 5.41) is 2.60. The maximum Gasteiger partial charge on any atom is 0.244 e. The monoisotopic (exact) mass is 448 g/mol. The van der Waals surface area contributed by atoms with Crippen LogP contribution in [0.15, 0.2) is 41.3 Å². The molecule has 0 saturated carbocycles. The third-order valence-electron chi connectivity index (χ3n) is 4.85. The Balaban J connectivity index is 1.96. The number of methoxy groups -OCH3 is 1. The van der Waals surface area contributed by atoms with Gasteiger partial charge in [-0.25, -0.2) is 13.1 Å². The number of hydrogen-bond donors (Lipinski definition) is 2. The first-order valence-corrected chi connectivity index (χ1v) is 11.6. The van der Waals surface area contributed by atoms with E-state index in [1.807, 2.05) is 26.0 Å². The first-order chi connectivity index (χ1) is 14.7. The highest BCUT2D eigenvalue weighted by molar-refractivity contribution is 7.89. The van der Waals surface area contributed by atoms with Crippen LogP contribution in [0.2, 0.25) is 0 Å². The summed E-state index contributed by atoms with van der Waals surface area (Å²) >= 11 is 0. The molecule has 1 aliphatic heterocycles.